The van der Waals surface area contributed by atoms with Crippen molar-refractivity contribution >= 4 is 27.3 Å². The van der Waals surface area contributed by atoms with Gasteiger partial charge in [0, 0.05) is 13.6 Å². The summed E-state index contributed by atoms with van der Waals surface area (Å²) >= 11 is 1.14. The first-order valence-corrected chi connectivity index (χ1v) is 12.4. The number of ether oxygens (including phenoxy) is 1. The maximum absolute atomic E-state index is 12.5. The molecule has 2 heterocycles. The Balaban J connectivity index is 1.64. The van der Waals surface area contributed by atoms with E-state index in [4.69, 9.17) is 4.74 Å². The van der Waals surface area contributed by atoms with Gasteiger partial charge in [-0.2, -0.15) is 4.31 Å². The molecule has 0 radical (unpaired) electrons. The number of likely N-dealkylation sites (N-methyl/N-ethyl adjacent to an activating group) is 1. The molecule has 164 valence electrons. The van der Waals surface area contributed by atoms with Crippen LogP contribution < -0.4 is 10.1 Å². The van der Waals surface area contributed by atoms with Crippen molar-refractivity contribution in [2.45, 2.75) is 29.5 Å². The first-order chi connectivity index (χ1) is 14.4. The molecule has 1 saturated heterocycles. The quantitative estimate of drug-likeness (QED) is 0.634. The molecule has 1 fully saturated rings. The van der Waals surface area contributed by atoms with E-state index in [-0.39, 0.29) is 22.7 Å². The zero-order valence-electron chi connectivity index (χ0n) is 17.4. The molecular weight excluding hydrogens is 422 g/mol. The van der Waals surface area contributed by atoms with Crippen molar-refractivity contribution in [1.29, 1.82) is 0 Å². The van der Waals surface area contributed by atoms with Crippen LogP contribution in [0.4, 0.5) is 0 Å². The fraction of sp³-hybridized carbons (Fsp3) is 0.476. The summed E-state index contributed by atoms with van der Waals surface area (Å²) < 4.78 is 31.7. The van der Waals surface area contributed by atoms with Gasteiger partial charge in [0.05, 0.1) is 19.7 Å². The van der Waals surface area contributed by atoms with E-state index in [1.807, 2.05) is 24.3 Å². The van der Waals surface area contributed by atoms with Gasteiger partial charge in [-0.1, -0.05) is 24.6 Å². The minimum absolute atomic E-state index is 0.0411. The maximum atomic E-state index is 12.5. The van der Waals surface area contributed by atoms with Crippen LogP contribution in [0.15, 0.2) is 46.0 Å². The van der Waals surface area contributed by atoms with Gasteiger partial charge in [-0.15, -0.1) is 11.3 Å². The van der Waals surface area contributed by atoms with Gasteiger partial charge in [0.25, 0.3) is 10.0 Å². The second kappa shape index (κ2) is 10.4. The molecular formula is C21H29N3O4S2. The smallest absolute Gasteiger partial charge is 0.252 e. The van der Waals surface area contributed by atoms with Crippen molar-refractivity contribution in [2.24, 2.45) is 0 Å². The number of carbonyl (C=O) groups is 1. The second-order valence-corrected chi connectivity index (χ2v) is 10.6. The molecule has 7 nitrogen and oxygen atoms in total. The Hall–Kier alpha value is -1.94. The zero-order chi connectivity index (χ0) is 21.6. The van der Waals surface area contributed by atoms with Crippen molar-refractivity contribution in [2.75, 3.05) is 40.3 Å². The first kappa shape index (κ1) is 22.7. The molecule has 0 saturated carbocycles. The third kappa shape index (κ3) is 5.60. The van der Waals surface area contributed by atoms with E-state index in [1.165, 1.54) is 13.5 Å². The molecule has 9 heteroatoms. The number of piperidine rings is 1. The Morgan fingerprint density at radius 3 is 2.50 bits per heavy atom. The number of thiophene rings is 1. The Morgan fingerprint density at radius 2 is 1.90 bits per heavy atom. The fourth-order valence-electron chi connectivity index (χ4n) is 3.63. The normalized spacial score (nSPS) is 16.4. The Kier molecular flexibility index (Phi) is 7.87. The van der Waals surface area contributed by atoms with Crippen LogP contribution in [0.25, 0.3) is 0 Å². The molecule has 1 N–H and O–H groups in total. The Morgan fingerprint density at radius 1 is 1.20 bits per heavy atom. The van der Waals surface area contributed by atoms with Crippen molar-refractivity contribution in [3.8, 4) is 5.75 Å². The summed E-state index contributed by atoms with van der Waals surface area (Å²) in [6, 6.07) is 11.2. The van der Waals surface area contributed by atoms with Gasteiger partial charge in [0.1, 0.15) is 9.96 Å². The lowest BCUT2D eigenvalue weighted by atomic mass is 10.0. The third-order valence-corrected chi connectivity index (χ3v) is 8.53. The number of amides is 1. The number of nitrogens with one attached hydrogen (secondary N) is 1. The SMILES string of the molecule is COc1ccc([C@H](CNC(=O)CN(C)S(=O)(=O)c2cccs2)N2CCCCC2)cc1. The number of rotatable bonds is 9. The highest BCUT2D eigenvalue weighted by molar-refractivity contribution is 7.91. The summed E-state index contributed by atoms with van der Waals surface area (Å²) in [7, 11) is -0.575. The van der Waals surface area contributed by atoms with Crippen molar-refractivity contribution in [1.82, 2.24) is 14.5 Å². The Bertz CT molecular complexity index is 908. The monoisotopic (exact) mass is 451 g/mol. The van der Waals surface area contributed by atoms with Crippen LogP contribution in [0.1, 0.15) is 30.9 Å². The summed E-state index contributed by atoms with van der Waals surface area (Å²) in [5.74, 6) is 0.480. The van der Waals surface area contributed by atoms with E-state index in [2.05, 4.69) is 10.2 Å². The predicted octanol–water partition coefficient (Wildman–Crippen LogP) is 2.72. The molecule has 0 spiro atoms. The summed E-state index contributed by atoms with van der Waals surface area (Å²) in [5.41, 5.74) is 1.11. The molecule has 3 rings (SSSR count). The average Bonchev–Trinajstić information content (AvgIpc) is 3.31. The van der Waals surface area contributed by atoms with Crippen molar-refractivity contribution < 1.29 is 17.9 Å². The molecule has 1 aromatic heterocycles. The molecule has 1 atom stereocenters. The topological polar surface area (TPSA) is 79.0 Å². The van der Waals surface area contributed by atoms with Crippen LogP contribution in [-0.4, -0.2) is 63.9 Å². The Labute approximate surface area is 182 Å². The van der Waals surface area contributed by atoms with Crippen molar-refractivity contribution in [3.05, 3.63) is 47.3 Å². The average molecular weight is 452 g/mol. The number of hydrogen-bond acceptors (Lipinski definition) is 6. The lowest BCUT2D eigenvalue weighted by Crippen LogP contribution is -2.43. The minimum Gasteiger partial charge on any atom is -0.497 e. The van der Waals surface area contributed by atoms with Crippen LogP contribution in [-0.2, 0) is 14.8 Å². The molecule has 2 aromatic rings. The van der Waals surface area contributed by atoms with Crippen LogP contribution in [0, 0.1) is 0 Å². The largest absolute Gasteiger partial charge is 0.497 e. The summed E-state index contributed by atoms with van der Waals surface area (Å²) in [4.78, 5) is 14.9. The fourth-order valence-corrected chi connectivity index (χ4v) is 5.96. The van der Waals surface area contributed by atoms with E-state index in [9.17, 15) is 13.2 Å². The first-order valence-electron chi connectivity index (χ1n) is 10.1. The maximum Gasteiger partial charge on any atom is 0.252 e. The van der Waals surface area contributed by atoms with E-state index in [0.29, 0.717) is 6.54 Å². The highest BCUT2D eigenvalue weighted by Gasteiger charge is 2.26. The van der Waals surface area contributed by atoms with Gasteiger partial charge in [-0.25, -0.2) is 8.42 Å². The molecule has 1 aromatic carbocycles. The van der Waals surface area contributed by atoms with Gasteiger partial charge < -0.3 is 10.1 Å². The summed E-state index contributed by atoms with van der Waals surface area (Å²) in [6.07, 6.45) is 3.51. The van der Waals surface area contributed by atoms with Gasteiger partial charge in [-0.3, -0.25) is 9.69 Å². The molecule has 1 amide bonds. The van der Waals surface area contributed by atoms with Gasteiger partial charge >= 0.3 is 0 Å². The second-order valence-electron chi connectivity index (χ2n) is 7.38. The molecule has 30 heavy (non-hydrogen) atoms. The number of benzene rings is 1. The van der Waals surface area contributed by atoms with E-state index < -0.39 is 10.0 Å². The van der Waals surface area contributed by atoms with E-state index >= 15 is 0 Å². The van der Waals surface area contributed by atoms with Crippen LogP contribution in [0.2, 0.25) is 0 Å². The lowest BCUT2D eigenvalue weighted by Gasteiger charge is -2.35. The predicted molar refractivity (Wildman–Crippen MR) is 118 cm³/mol. The van der Waals surface area contributed by atoms with Gasteiger partial charge in [-0.05, 0) is 55.1 Å². The van der Waals surface area contributed by atoms with Crippen molar-refractivity contribution in [3.63, 3.8) is 0 Å². The third-order valence-electron chi connectivity index (χ3n) is 5.35. The lowest BCUT2D eigenvalue weighted by molar-refractivity contribution is -0.121. The van der Waals surface area contributed by atoms with E-state index in [0.717, 1.165) is 52.9 Å². The molecule has 0 bridgehead atoms. The number of sulfonamides is 1. The highest BCUT2D eigenvalue weighted by Crippen LogP contribution is 2.26. The minimum atomic E-state index is -3.64. The molecule has 1 aliphatic heterocycles. The number of hydrogen-bond donors (Lipinski definition) is 1. The summed E-state index contributed by atoms with van der Waals surface area (Å²) in [5, 5.41) is 4.65. The highest BCUT2D eigenvalue weighted by atomic mass is 32.2. The molecule has 1 aliphatic rings. The molecule has 0 aliphatic carbocycles. The van der Waals surface area contributed by atoms with Gasteiger partial charge in [0.15, 0.2) is 0 Å². The number of carbonyl (C=O) groups excluding carboxylic acids is 1. The van der Waals surface area contributed by atoms with Gasteiger partial charge in [0.2, 0.25) is 5.91 Å². The number of nitrogens with zero attached hydrogens (tertiary/aromatic N) is 2. The van der Waals surface area contributed by atoms with Crippen LogP contribution >= 0.6 is 11.3 Å². The number of likely N-dealkylation sites (tertiary alicyclic amines) is 1. The van der Waals surface area contributed by atoms with Crippen LogP contribution in [0.5, 0.6) is 5.75 Å². The van der Waals surface area contributed by atoms with E-state index in [1.54, 1.807) is 24.6 Å². The standard InChI is InChI=1S/C21H29N3O4S2/c1-23(30(26,27)21-7-6-14-29-21)16-20(25)22-15-19(24-12-4-3-5-13-24)17-8-10-18(28-2)11-9-17/h6-11,14,19H,3-5,12-13,15-16H2,1-2H3,(H,22,25)/t19-/m0/s1. The molecule has 0 unspecified atom stereocenters. The summed E-state index contributed by atoms with van der Waals surface area (Å²) in [6.45, 7) is 2.19. The van der Waals surface area contributed by atoms with Crippen LogP contribution in [0.3, 0.4) is 0 Å². The zero-order valence-corrected chi connectivity index (χ0v) is 19.0. The number of methoxy groups -OCH3 is 1.